The van der Waals surface area contributed by atoms with Crippen molar-refractivity contribution in [1.29, 1.82) is 0 Å². The maximum Gasteiger partial charge on any atom is 0.338 e. The minimum absolute atomic E-state index is 0.171. The molecule has 154 valence electrons. The number of nitrogens with one attached hydrogen (secondary N) is 2. The Hall–Kier alpha value is -3.87. The zero-order valence-electron chi connectivity index (χ0n) is 16.5. The van der Waals surface area contributed by atoms with E-state index in [-0.39, 0.29) is 24.5 Å². The molecule has 30 heavy (non-hydrogen) atoms. The first-order chi connectivity index (χ1) is 14.6. The molecule has 1 aliphatic heterocycles. The van der Waals surface area contributed by atoms with Crippen molar-refractivity contribution in [3.63, 3.8) is 0 Å². The SMILES string of the molecule is CCOC(=O)C1=C(COC(=O)/C=C/c2ccccc2)NC(=O)N[C@@H]1c1ccccc1. The average molecular weight is 406 g/mol. The van der Waals surface area contributed by atoms with Crippen LogP contribution < -0.4 is 10.6 Å². The van der Waals surface area contributed by atoms with Crippen LogP contribution >= 0.6 is 0 Å². The Morgan fingerprint density at radius 1 is 1.00 bits per heavy atom. The number of carbonyl (C=O) groups is 3. The molecule has 1 atom stereocenters. The van der Waals surface area contributed by atoms with Gasteiger partial charge in [0.05, 0.1) is 23.9 Å². The van der Waals surface area contributed by atoms with Gasteiger partial charge in [-0.1, -0.05) is 60.7 Å². The van der Waals surface area contributed by atoms with Crippen LogP contribution in [-0.2, 0) is 19.1 Å². The van der Waals surface area contributed by atoms with Crippen molar-refractivity contribution >= 4 is 24.0 Å². The number of hydrogen-bond donors (Lipinski definition) is 2. The number of benzene rings is 2. The summed E-state index contributed by atoms with van der Waals surface area (Å²) >= 11 is 0. The van der Waals surface area contributed by atoms with Crippen molar-refractivity contribution in [3.8, 4) is 0 Å². The van der Waals surface area contributed by atoms with Gasteiger partial charge in [0.2, 0.25) is 0 Å². The molecule has 7 heteroatoms. The highest BCUT2D eigenvalue weighted by Gasteiger charge is 2.34. The molecule has 7 nitrogen and oxygen atoms in total. The molecule has 0 aromatic heterocycles. The van der Waals surface area contributed by atoms with Crippen molar-refractivity contribution in [2.75, 3.05) is 13.2 Å². The number of rotatable bonds is 7. The summed E-state index contributed by atoms with van der Waals surface area (Å²) in [6.45, 7) is 1.59. The van der Waals surface area contributed by atoms with Gasteiger partial charge in [-0.25, -0.2) is 14.4 Å². The molecule has 1 aliphatic rings. The average Bonchev–Trinajstić information content (AvgIpc) is 2.77. The Bertz CT molecular complexity index is 968. The molecule has 0 aliphatic carbocycles. The smallest absolute Gasteiger partial charge is 0.338 e. The number of ether oxygens (including phenoxy) is 2. The molecule has 0 radical (unpaired) electrons. The molecule has 0 unspecified atom stereocenters. The first-order valence-electron chi connectivity index (χ1n) is 9.51. The van der Waals surface area contributed by atoms with Gasteiger partial charge in [0.25, 0.3) is 0 Å². The van der Waals surface area contributed by atoms with E-state index in [4.69, 9.17) is 9.47 Å². The Morgan fingerprint density at radius 3 is 2.33 bits per heavy atom. The van der Waals surface area contributed by atoms with Crippen LogP contribution in [0.3, 0.4) is 0 Å². The second kappa shape index (κ2) is 10.1. The fourth-order valence-corrected chi connectivity index (χ4v) is 3.00. The van der Waals surface area contributed by atoms with Crippen LogP contribution in [0.15, 0.2) is 78.0 Å². The number of amides is 2. The fraction of sp³-hybridized carbons (Fsp3) is 0.174. The summed E-state index contributed by atoms with van der Waals surface area (Å²) in [6, 6.07) is 17.1. The second-order valence-electron chi connectivity index (χ2n) is 6.41. The largest absolute Gasteiger partial charge is 0.463 e. The molecule has 2 aromatic carbocycles. The van der Waals surface area contributed by atoms with E-state index in [0.29, 0.717) is 5.56 Å². The van der Waals surface area contributed by atoms with Crippen LogP contribution in [0.25, 0.3) is 6.08 Å². The van der Waals surface area contributed by atoms with Gasteiger partial charge >= 0.3 is 18.0 Å². The first kappa shape index (κ1) is 20.9. The van der Waals surface area contributed by atoms with Gasteiger partial charge in [0, 0.05) is 6.08 Å². The van der Waals surface area contributed by atoms with Crippen molar-refractivity contribution in [2.45, 2.75) is 13.0 Å². The third-order valence-corrected chi connectivity index (χ3v) is 4.35. The van der Waals surface area contributed by atoms with E-state index in [0.717, 1.165) is 5.56 Å². The number of hydrogen-bond acceptors (Lipinski definition) is 5. The molecule has 0 bridgehead atoms. The number of esters is 2. The van der Waals surface area contributed by atoms with E-state index in [1.54, 1.807) is 37.3 Å². The van der Waals surface area contributed by atoms with Gasteiger partial charge in [0.1, 0.15) is 6.61 Å². The van der Waals surface area contributed by atoms with Gasteiger partial charge in [-0.2, -0.15) is 0 Å². The highest BCUT2D eigenvalue weighted by Crippen LogP contribution is 2.27. The summed E-state index contributed by atoms with van der Waals surface area (Å²) in [5.74, 6) is -1.19. The Morgan fingerprint density at radius 2 is 1.67 bits per heavy atom. The third kappa shape index (κ3) is 5.35. The summed E-state index contributed by atoms with van der Waals surface area (Å²) in [5, 5.41) is 5.29. The maximum atomic E-state index is 12.6. The summed E-state index contributed by atoms with van der Waals surface area (Å²) < 4.78 is 10.4. The lowest BCUT2D eigenvalue weighted by Gasteiger charge is -2.29. The van der Waals surface area contributed by atoms with E-state index in [1.165, 1.54) is 6.08 Å². The van der Waals surface area contributed by atoms with Crippen molar-refractivity contribution in [1.82, 2.24) is 10.6 Å². The van der Waals surface area contributed by atoms with Gasteiger partial charge in [-0.3, -0.25) is 0 Å². The Balaban J connectivity index is 1.82. The van der Waals surface area contributed by atoms with Gasteiger partial charge in [-0.05, 0) is 24.1 Å². The minimum Gasteiger partial charge on any atom is -0.463 e. The second-order valence-corrected chi connectivity index (χ2v) is 6.41. The molecule has 1 heterocycles. The molecule has 3 rings (SSSR count). The standard InChI is InChI=1S/C23H22N2O5/c1-2-29-22(27)20-18(15-30-19(26)14-13-16-9-5-3-6-10-16)24-23(28)25-21(20)17-11-7-4-8-12-17/h3-14,21H,2,15H2,1H3,(H2,24,25,28)/b14-13+/t21-/m1/s1. The topological polar surface area (TPSA) is 93.7 Å². The summed E-state index contributed by atoms with van der Waals surface area (Å²) in [5.41, 5.74) is 1.94. The lowest BCUT2D eigenvalue weighted by molar-refractivity contribution is -0.140. The lowest BCUT2D eigenvalue weighted by atomic mass is 9.95. The zero-order valence-corrected chi connectivity index (χ0v) is 16.5. The molecule has 2 aromatic rings. The van der Waals surface area contributed by atoms with Crippen molar-refractivity contribution < 1.29 is 23.9 Å². The highest BCUT2D eigenvalue weighted by molar-refractivity contribution is 5.95. The predicted molar refractivity (Wildman–Crippen MR) is 111 cm³/mol. The van der Waals surface area contributed by atoms with E-state index < -0.39 is 24.0 Å². The zero-order chi connectivity index (χ0) is 21.3. The summed E-state index contributed by atoms with van der Waals surface area (Å²) in [4.78, 5) is 36.9. The molecule has 0 saturated heterocycles. The van der Waals surface area contributed by atoms with Crippen molar-refractivity contribution in [2.24, 2.45) is 0 Å². The Labute approximate surface area is 174 Å². The van der Waals surface area contributed by atoms with Gasteiger partial charge in [0.15, 0.2) is 0 Å². The monoisotopic (exact) mass is 406 g/mol. The molecular weight excluding hydrogens is 384 g/mol. The number of carbonyl (C=O) groups excluding carboxylic acids is 3. The van der Waals surface area contributed by atoms with Crippen LogP contribution in [-0.4, -0.2) is 31.2 Å². The molecular formula is C23H22N2O5. The summed E-state index contributed by atoms with van der Waals surface area (Å²) in [7, 11) is 0. The van der Waals surface area contributed by atoms with Gasteiger partial charge in [-0.15, -0.1) is 0 Å². The fourth-order valence-electron chi connectivity index (χ4n) is 3.00. The van der Waals surface area contributed by atoms with Crippen LogP contribution in [0.2, 0.25) is 0 Å². The van der Waals surface area contributed by atoms with Crippen molar-refractivity contribution in [3.05, 3.63) is 89.1 Å². The van der Waals surface area contributed by atoms with E-state index in [2.05, 4.69) is 10.6 Å². The van der Waals surface area contributed by atoms with Gasteiger partial charge < -0.3 is 20.1 Å². The normalized spacial score (nSPS) is 16.0. The molecule has 0 fully saturated rings. The molecule has 2 N–H and O–H groups in total. The minimum atomic E-state index is -0.715. The summed E-state index contributed by atoms with van der Waals surface area (Å²) in [6.07, 6.45) is 2.91. The maximum absolute atomic E-state index is 12.6. The molecule has 0 spiro atoms. The first-order valence-corrected chi connectivity index (χ1v) is 9.51. The van der Waals surface area contributed by atoms with Crippen LogP contribution in [0.1, 0.15) is 24.1 Å². The van der Waals surface area contributed by atoms with Crippen LogP contribution in [0.4, 0.5) is 4.79 Å². The molecule has 2 amide bonds. The quantitative estimate of drug-likeness (QED) is 0.544. The Kier molecular flexibility index (Phi) is 7.00. The van der Waals surface area contributed by atoms with E-state index >= 15 is 0 Å². The van der Waals surface area contributed by atoms with Crippen LogP contribution in [0, 0.1) is 0 Å². The predicted octanol–water partition coefficient (Wildman–Crippen LogP) is 3.11. The van der Waals surface area contributed by atoms with E-state index in [1.807, 2.05) is 36.4 Å². The molecule has 0 saturated carbocycles. The third-order valence-electron chi connectivity index (χ3n) is 4.35. The lowest BCUT2D eigenvalue weighted by Crippen LogP contribution is -2.47. The highest BCUT2D eigenvalue weighted by atomic mass is 16.5. The van der Waals surface area contributed by atoms with Crippen LogP contribution in [0.5, 0.6) is 0 Å². The number of urea groups is 1. The van der Waals surface area contributed by atoms with E-state index in [9.17, 15) is 14.4 Å².